The molecule has 0 aliphatic rings. The Labute approximate surface area is 92.0 Å². The maximum atomic E-state index is 10.6. The van der Waals surface area contributed by atoms with Crippen LogP contribution in [0, 0.1) is 0 Å². The molecule has 4 heteroatoms. The van der Waals surface area contributed by atoms with Crippen molar-refractivity contribution in [1.82, 2.24) is 4.98 Å². The molecule has 1 aromatic heterocycles. The molecule has 0 amide bonds. The van der Waals surface area contributed by atoms with Crippen molar-refractivity contribution in [2.24, 2.45) is 5.73 Å². The van der Waals surface area contributed by atoms with Gasteiger partial charge in [0.1, 0.15) is 5.70 Å². The number of carboxylic acid groups (broad SMARTS) is 1. The van der Waals surface area contributed by atoms with E-state index in [0.717, 1.165) is 16.5 Å². The van der Waals surface area contributed by atoms with Crippen molar-refractivity contribution >= 4 is 22.9 Å². The lowest BCUT2D eigenvalue weighted by molar-refractivity contribution is -0.132. The van der Waals surface area contributed by atoms with Crippen molar-refractivity contribution < 1.29 is 9.90 Å². The van der Waals surface area contributed by atoms with Crippen LogP contribution < -0.4 is 5.73 Å². The van der Waals surface area contributed by atoms with E-state index in [1.165, 1.54) is 6.08 Å². The van der Waals surface area contributed by atoms with Crippen LogP contribution in [-0.4, -0.2) is 16.1 Å². The number of nitrogens with zero attached hydrogens (tertiary/aromatic N) is 1. The third kappa shape index (κ3) is 2.00. The second-order valence-electron chi connectivity index (χ2n) is 3.36. The number of carbonyl (C=O) groups is 1. The highest BCUT2D eigenvalue weighted by Gasteiger charge is 2.01. The van der Waals surface area contributed by atoms with Crippen molar-refractivity contribution in [3.63, 3.8) is 0 Å². The molecule has 0 atom stereocenters. The topological polar surface area (TPSA) is 76.2 Å². The van der Waals surface area contributed by atoms with Gasteiger partial charge in [0, 0.05) is 11.6 Å². The number of aliphatic carboxylic acids is 1. The van der Waals surface area contributed by atoms with Crippen LogP contribution in [0.3, 0.4) is 0 Å². The molecule has 1 aromatic carbocycles. The summed E-state index contributed by atoms with van der Waals surface area (Å²) >= 11 is 0. The van der Waals surface area contributed by atoms with E-state index in [4.69, 9.17) is 10.8 Å². The molecule has 4 nitrogen and oxygen atoms in total. The van der Waals surface area contributed by atoms with Crippen molar-refractivity contribution in [2.75, 3.05) is 0 Å². The summed E-state index contributed by atoms with van der Waals surface area (Å²) in [5.74, 6) is -1.12. The van der Waals surface area contributed by atoms with Crippen LogP contribution in [0.4, 0.5) is 0 Å². The first kappa shape index (κ1) is 10.2. The number of nitrogens with two attached hydrogens (primary N) is 1. The van der Waals surface area contributed by atoms with Gasteiger partial charge in [0.2, 0.25) is 0 Å². The van der Waals surface area contributed by atoms with Crippen LogP contribution in [0.15, 0.2) is 42.2 Å². The average Bonchev–Trinajstić information content (AvgIpc) is 2.28. The van der Waals surface area contributed by atoms with Gasteiger partial charge in [-0.15, -0.1) is 0 Å². The van der Waals surface area contributed by atoms with Crippen LogP contribution in [-0.2, 0) is 4.79 Å². The molecule has 1 heterocycles. The van der Waals surface area contributed by atoms with E-state index in [1.54, 1.807) is 12.3 Å². The summed E-state index contributed by atoms with van der Waals surface area (Å²) in [6.45, 7) is 0. The third-order valence-corrected chi connectivity index (χ3v) is 2.20. The van der Waals surface area contributed by atoms with Crippen molar-refractivity contribution in [3.05, 3.63) is 47.8 Å². The third-order valence-electron chi connectivity index (χ3n) is 2.20. The van der Waals surface area contributed by atoms with Gasteiger partial charge in [-0.25, -0.2) is 4.79 Å². The molecule has 3 N–H and O–H groups in total. The molecule has 80 valence electrons. The highest BCUT2D eigenvalue weighted by atomic mass is 16.4. The zero-order chi connectivity index (χ0) is 11.5. The number of carboxylic acids is 1. The molecule has 0 aliphatic heterocycles. The molecule has 0 aliphatic carbocycles. The van der Waals surface area contributed by atoms with Gasteiger partial charge in [-0.2, -0.15) is 0 Å². The molecule has 0 bridgehead atoms. The second kappa shape index (κ2) is 4.02. The molecule has 2 rings (SSSR count). The smallest absolute Gasteiger partial charge is 0.351 e. The van der Waals surface area contributed by atoms with Crippen LogP contribution in [0.2, 0.25) is 0 Å². The predicted octanol–water partition coefficient (Wildman–Crippen LogP) is 1.62. The Morgan fingerprint density at radius 3 is 2.94 bits per heavy atom. The minimum Gasteiger partial charge on any atom is -0.477 e. The van der Waals surface area contributed by atoms with Crippen LogP contribution in [0.25, 0.3) is 17.0 Å². The monoisotopic (exact) mass is 214 g/mol. The maximum absolute atomic E-state index is 10.6. The van der Waals surface area contributed by atoms with Crippen LogP contribution >= 0.6 is 0 Å². The Balaban J connectivity index is 2.47. The summed E-state index contributed by atoms with van der Waals surface area (Å²) in [6, 6.07) is 9.20. The highest BCUT2D eigenvalue weighted by molar-refractivity contribution is 5.92. The summed E-state index contributed by atoms with van der Waals surface area (Å²) < 4.78 is 0. The molecule has 0 radical (unpaired) electrons. The zero-order valence-corrected chi connectivity index (χ0v) is 8.42. The Hall–Kier alpha value is -2.36. The molecule has 0 spiro atoms. The second-order valence-corrected chi connectivity index (χ2v) is 3.36. The minimum atomic E-state index is -1.12. The quantitative estimate of drug-likeness (QED) is 0.745. The van der Waals surface area contributed by atoms with Gasteiger partial charge in [-0.05, 0) is 29.8 Å². The number of fused-ring (bicyclic) bond motifs is 1. The summed E-state index contributed by atoms with van der Waals surface area (Å²) in [4.78, 5) is 14.7. The molecule has 0 saturated heterocycles. The predicted molar refractivity (Wildman–Crippen MR) is 61.5 cm³/mol. The Kier molecular flexibility index (Phi) is 2.55. The van der Waals surface area contributed by atoms with E-state index in [2.05, 4.69) is 4.98 Å². The SMILES string of the molecule is N/C(=C/c1ccc2ncccc2c1)C(=O)O. The fourth-order valence-electron chi connectivity index (χ4n) is 1.43. The molecule has 0 saturated carbocycles. The number of rotatable bonds is 2. The minimum absolute atomic E-state index is 0.178. The molecule has 0 unspecified atom stereocenters. The van der Waals surface area contributed by atoms with Crippen molar-refractivity contribution in [1.29, 1.82) is 0 Å². The lowest BCUT2D eigenvalue weighted by Gasteiger charge is -1.99. The zero-order valence-electron chi connectivity index (χ0n) is 8.42. The Morgan fingerprint density at radius 2 is 2.19 bits per heavy atom. The van der Waals surface area contributed by atoms with Crippen LogP contribution in [0.5, 0.6) is 0 Å². The molecular formula is C12H10N2O2. The fourth-order valence-corrected chi connectivity index (χ4v) is 1.43. The first-order chi connectivity index (χ1) is 7.66. The largest absolute Gasteiger partial charge is 0.477 e. The van der Waals surface area contributed by atoms with E-state index < -0.39 is 5.97 Å². The normalized spacial score (nSPS) is 11.6. The van der Waals surface area contributed by atoms with Gasteiger partial charge in [0.05, 0.1) is 5.52 Å². The summed E-state index contributed by atoms with van der Waals surface area (Å²) in [7, 11) is 0. The van der Waals surface area contributed by atoms with Gasteiger partial charge in [0.25, 0.3) is 0 Å². The Morgan fingerprint density at radius 1 is 1.38 bits per heavy atom. The summed E-state index contributed by atoms with van der Waals surface area (Å²) in [5, 5.41) is 9.60. The van der Waals surface area contributed by atoms with Gasteiger partial charge < -0.3 is 10.8 Å². The summed E-state index contributed by atoms with van der Waals surface area (Å²) in [5.41, 5.74) is 6.78. The van der Waals surface area contributed by atoms with Gasteiger partial charge >= 0.3 is 5.97 Å². The number of pyridine rings is 1. The number of hydrogen-bond acceptors (Lipinski definition) is 3. The maximum Gasteiger partial charge on any atom is 0.351 e. The molecule has 16 heavy (non-hydrogen) atoms. The van der Waals surface area contributed by atoms with Gasteiger partial charge in [-0.1, -0.05) is 12.1 Å². The molecule has 0 fully saturated rings. The van der Waals surface area contributed by atoms with E-state index in [9.17, 15) is 4.79 Å². The summed E-state index contributed by atoms with van der Waals surface area (Å²) in [6.07, 6.45) is 3.14. The fraction of sp³-hybridized carbons (Fsp3) is 0. The van der Waals surface area contributed by atoms with E-state index >= 15 is 0 Å². The Bertz CT molecular complexity index is 576. The van der Waals surface area contributed by atoms with E-state index in [1.807, 2.05) is 24.3 Å². The first-order valence-electron chi connectivity index (χ1n) is 4.72. The standard InChI is InChI=1S/C12H10N2O2/c13-10(12(15)16)7-8-3-4-11-9(6-8)2-1-5-14-11/h1-7H,13H2,(H,15,16)/b10-7+. The highest BCUT2D eigenvalue weighted by Crippen LogP contribution is 2.14. The molecular weight excluding hydrogens is 204 g/mol. The lowest BCUT2D eigenvalue weighted by Crippen LogP contribution is -2.09. The van der Waals surface area contributed by atoms with Crippen molar-refractivity contribution in [3.8, 4) is 0 Å². The van der Waals surface area contributed by atoms with Crippen LogP contribution in [0.1, 0.15) is 5.56 Å². The number of aromatic nitrogens is 1. The van der Waals surface area contributed by atoms with Gasteiger partial charge in [-0.3, -0.25) is 4.98 Å². The van der Waals surface area contributed by atoms with E-state index in [-0.39, 0.29) is 5.70 Å². The lowest BCUT2D eigenvalue weighted by atomic mass is 10.1. The average molecular weight is 214 g/mol. The van der Waals surface area contributed by atoms with Crippen molar-refractivity contribution in [2.45, 2.75) is 0 Å². The number of benzene rings is 1. The van der Waals surface area contributed by atoms with Gasteiger partial charge in [0.15, 0.2) is 0 Å². The van der Waals surface area contributed by atoms with E-state index in [0.29, 0.717) is 0 Å². The first-order valence-corrected chi connectivity index (χ1v) is 4.72. The number of hydrogen-bond donors (Lipinski definition) is 2. The molecule has 2 aromatic rings.